The predicted octanol–water partition coefficient (Wildman–Crippen LogP) is 2.94. The zero-order valence-corrected chi connectivity index (χ0v) is 16.6. The van der Waals surface area contributed by atoms with Crippen molar-refractivity contribution in [2.24, 2.45) is 5.41 Å². The summed E-state index contributed by atoms with van der Waals surface area (Å²) in [5.74, 6) is 0.645. The first-order valence-corrected chi connectivity index (χ1v) is 9.77. The van der Waals surface area contributed by atoms with E-state index in [0.717, 1.165) is 25.9 Å². The van der Waals surface area contributed by atoms with Gasteiger partial charge in [0.2, 0.25) is 10.0 Å². The fourth-order valence-electron chi connectivity index (χ4n) is 2.48. The van der Waals surface area contributed by atoms with Gasteiger partial charge in [0.05, 0.1) is 16.0 Å². The minimum atomic E-state index is -3.51. The lowest BCUT2D eigenvalue weighted by Crippen LogP contribution is -2.42. The van der Waals surface area contributed by atoms with Crippen LogP contribution in [0.1, 0.15) is 26.7 Å². The monoisotopic (exact) mass is 426 g/mol. The summed E-state index contributed by atoms with van der Waals surface area (Å²) >= 11 is 3.35. The van der Waals surface area contributed by atoms with E-state index in [2.05, 4.69) is 32.9 Å². The number of ether oxygens (including phenoxy) is 1. The number of benzene rings is 1. The van der Waals surface area contributed by atoms with Gasteiger partial charge in [0.25, 0.3) is 0 Å². The van der Waals surface area contributed by atoms with Crippen LogP contribution < -0.4 is 14.8 Å². The molecule has 1 aromatic rings. The average molecular weight is 428 g/mol. The second-order valence-electron chi connectivity index (χ2n) is 5.91. The third kappa shape index (κ3) is 5.60. The molecule has 8 heteroatoms. The first kappa shape index (κ1) is 20.7. The second-order valence-corrected chi connectivity index (χ2v) is 8.53. The molecule has 1 aromatic carbocycles. The largest absolute Gasteiger partial charge is 0.493 e. The molecule has 2 rings (SSSR count). The molecule has 1 heterocycles. The van der Waals surface area contributed by atoms with E-state index >= 15 is 0 Å². The van der Waals surface area contributed by atoms with E-state index in [1.165, 1.54) is 0 Å². The lowest BCUT2D eigenvalue weighted by molar-refractivity contribution is 0.232. The number of piperidine rings is 1. The van der Waals surface area contributed by atoms with Crippen molar-refractivity contribution >= 4 is 38.4 Å². The summed E-state index contributed by atoms with van der Waals surface area (Å²) in [7, 11) is -3.51. The molecule has 0 radical (unpaired) electrons. The summed E-state index contributed by atoms with van der Waals surface area (Å²) in [5, 5.41) is 3.30. The molecule has 5 nitrogen and oxygen atoms in total. The highest BCUT2D eigenvalue weighted by Gasteiger charge is 2.28. The normalized spacial score (nSPS) is 17.3. The molecule has 1 saturated heterocycles. The summed E-state index contributed by atoms with van der Waals surface area (Å²) in [4.78, 5) is 0.250. The summed E-state index contributed by atoms with van der Waals surface area (Å²) in [6.07, 6.45) is 1.95. The molecule has 0 bridgehead atoms. The zero-order chi connectivity index (χ0) is 16.2. The van der Waals surface area contributed by atoms with Crippen LogP contribution in [0.25, 0.3) is 0 Å². The van der Waals surface area contributed by atoms with Gasteiger partial charge in [0, 0.05) is 6.54 Å². The Hall–Kier alpha value is -0.340. The van der Waals surface area contributed by atoms with Gasteiger partial charge in [-0.1, -0.05) is 6.92 Å². The SMILES string of the molecule is CCOc1ccc(S(=O)(=O)NCC2(C)CCNCC2)cc1Br.Cl. The molecular weight excluding hydrogens is 404 g/mol. The summed E-state index contributed by atoms with van der Waals surface area (Å²) in [6, 6.07) is 4.83. The van der Waals surface area contributed by atoms with Gasteiger partial charge in [-0.05, 0) is 72.4 Å². The Morgan fingerprint density at radius 1 is 1.35 bits per heavy atom. The number of sulfonamides is 1. The first-order valence-electron chi connectivity index (χ1n) is 7.49. The maximum absolute atomic E-state index is 12.5. The van der Waals surface area contributed by atoms with E-state index in [9.17, 15) is 8.42 Å². The zero-order valence-electron chi connectivity index (χ0n) is 13.4. The Kier molecular flexibility index (Phi) is 7.80. The van der Waals surface area contributed by atoms with Crippen LogP contribution in [-0.2, 0) is 10.0 Å². The van der Waals surface area contributed by atoms with E-state index in [1.807, 2.05) is 6.92 Å². The Bertz CT molecular complexity index is 619. The van der Waals surface area contributed by atoms with Crippen LogP contribution in [0, 0.1) is 5.41 Å². The van der Waals surface area contributed by atoms with Crippen molar-refractivity contribution in [1.29, 1.82) is 0 Å². The van der Waals surface area contributed by atoms with Crippen molar-refractivity contribution in [1.82, 2.24) is 10.0 Å². The minimum Gasteiger partial charge on any atom is -0.493 e. The fraction of sp³-hybridized carbons (Fsp3) is 0.600. The van der Waals surface area contributed by atoms with Gasteiger partial charge in [-0.2, -0.15) is 0 Å². The number of halogens is 2. The van der Waals surface area contributed by atoms with Crippen LogP contribution in [0.3, 0.4) is 0 Å². The topological polar surface area (TPSA) is 67.4 Å². The van der Waals surface area contributed by atoms with Crippen LogP contribution >= 0.6 is 28.3 Å². The van der Waals surface area contributed by atoms with E-state index in [0.29, 0.717) is 23.4 Å². The van der Waals surface area contributed by atoms with Gasteiger partial charge < -0.3 is 10.1 Å². The molecule has 0 aromatic heterocycles. The molecule has 0 aliphatic carbocycles. The van der Waals surface area contributed by atoms with E-state index in [4.69, 9.17) is 4.74 Å². The molecule has 0 spiro atoms. The highest BCUT2D eigenvalue weighted by atomic mass is 79.9. The van der Waals surface area contributed by atoms with Crippen LogP contribution in [0.15, 0.2) is 27.6 Å². The van der Waals surface area contributed by atoms with Gasteiger partial charge in [0.15, 0.2) is 0 Å². The van der Waals surface area contributed by atoms with E-state index in [1.54, 1.807) is 18.2 Å². The molecule has 1 fully saturated rings. The molecule has 23 heavy (non-hydrogen) atoms. The Labute approximate surface area is 153 Å². The quantitative estimate of drug-likeness (QED) is 0.732. The van der Waals surface area contributed by atoms with E-state index < -0.39 is 10.0 Å². The van der Waals surface area contributed by atoms with Crippen molar-refractivity contribution in [2.45, 2.75) is 31.6 Å². The van der Waals surface area contributed by atoms with Gasteiger partial charge in [-0.15, -0.1) is 12.4 Å². The predicted molar refractivity (Wildman–Crippen MR) is 98.0 cm³/mol. The standard InChI is InChI=1S/C15H23BrN2O3S.ClH/c1-3-21-14-5-4-12(10-13(14)16)22(19,20)18-11-15(2)6-8-17-9-7-15;/h4-5,10,17-18H,3,6-9,11H2,1-2H3;1H. The van der Waals surface area contributed by atoms with Crippen LogP contribution in [-0.4, -0.2) is 34.7 Å². The molecule has 0 amide bonds. The molecule has 1 aliphatic heterocycles. The minimum absolute atomic E-state index is 0. The van der Waals surface area contributed by atoms with Crippen LogP contribution in [0.2, 0.25) is 0 Å². The highest BCUT2D eigenvalue weighted by molar-refractivity contribution is 9.10. The maximum atomic E-state index is 12.5. The van der Waals surface area contributed by atoms with Gasteiger partial charge in [-0.3, -0.25) is 0 Å². The van der Waals surface area contributed by atoms with Crippen molar-refractivity contribution in [3.8, 4) is 5.75 Å². The lowest BCUT2D eigenvalue weighted by Gasteiger charge is -2.34. The first-order chi connectivity index (χ1) is 10.4. The third-order valence-corrected chi connectivity index (χ3v) is 6.03. The van der Waals surface area contributed by atoms with Crippen LogP contribution in [0.4, 0.5) is 0 Å². The molecule has 0 unspecified atom stereocenters. The average Bonchev–Trinajstić information content (AvgIpc) is 2.48. The summed E-state index contributed by atoms with van der Waals surface area (Å²) < 4.78 is 33.7. The van der Waals surface area contributed by atoms with Gasteiger partial charge in [0.1, 0.15) is 5.75 Å². The van der Waals surface area contributed by atoms with Crippen LogP contribution in [0.5, 0.6) is 5.75 Å². The summed E-state index contributed by atoms with van der Waals surface area (Å²) in [6.45, 7) is 6.89. The molecule has 0 saturated carbocycles. The molecule has 0 atom stereocenters. The lowest BCUT2D eigenvalue weighted by atomic mass is 9.81. The number of rotatable bonds is 6. The number of hydrogen-bond donors (Lipinski definition) is 2. The Morgan fingerprint density at radius 2 is 2.00 bits per heavy atom. The second kappa shape index (κ2) is 8.67. The van der Waals surface area contributed by atoms with Crippen molar-refractivity contribution in [2.75, 3.05) is 26.2 Å². The van der Waals surface area contributed by atoms with Crippen molar-refractivity contribution < 1.29 is 13.2 Å². The molecule has 1 aliphatic rings. The third-order valence-electron chi connectivity index (χ3n) is 4.01. The van der Waals surface area contributed by atoms with Crippen molar-refractivity contribution in [3.63, 3.8) is 0 Å². The van der Waals surface area contributed by atoms with Gasteiger partial charge >= 0.3 is 0 Å². The number of hydrogen-bond acceptors (Lipinski definition) is 4. The van der Waals surface area contributed by atoms with Crippen molar-refractivity contribution in [3.05, 3.63) is 22.7 Å². The Morgan fingerprint density at radius 3 is 2.57 bits per heavy atom. The van der Waals surface area contributed by atoms with E-state index in [-0.39, 0.29) is 22.7 Å². The highest BCUT2D eigenvalue weighted by Crippen LogP contribution is 2.29. The Balaban J connectivity index is 0.00000264. The smallest absolute Gasteiger partial charge is 0.240 e. The number of nitrogens with one attached hydrogen (secondary N) is 2. The molecule has 132 valence electrons. The summed E-state index contributed by atoms with van der Waals surface area (Å²) in [5.41, 5.74) is 0.0147. The molecular formula is C15H24BrClN2O3S. The molecule has 2 N–H and O–H groups in total. The maximum Gasteiger partial charge on any atom is 0.240 e. The fourth-order valence-corrected chi connectivity index (χ4v) is 4.35. The van der Waals surface area contributed by atoms with Gasteiger partial charge in [-0.25, -0.2) is 13.1 Å².